The van der Waals surface area contributed by atoms with Gasteiger partial charge in [-0.1, -0.05) is 29.5 Å². The van der Waals surface area contributed by atoms with E-state index in [2.05, 4.69) is 52.1 Å². The first kappa shape index (κ1) is 10.7. The molecule has 0 rings (SSSR count). The Hall–Kier alpha value is 1.73. The van der Waals surface area contributed by atoms with Crippen molar-refractivity contribution in [3.8, 4) is 0 Å². The topological polar surface area (TPSA) is 20.2 Å². The predicted molar refractivity (Wildman–Crippen MR) is 65.8 cm³/mol. The van der Waals surface area contributed by atoms with Gasteiger partial charge in [0, 0.05) is 3.92 Å². The standard InChI is InChI=1S/C5H7I3O/c1-2-3(6)4(7)5(8)9/h3,9H,2H2,1H3/b5-4-. The third-order valence-corrected chi connectivity index (χ3v) is 6.40. The first-order chi connectivity index (χ1) is 4.09. The summed E-state index contributed by atoms with van der Waals surface area (Å²) in [5.74, 6) is 0. The lowest BCUT2D eigenvalue weighted by atomic mass is 10.3. The van der Waals surface area contributed by atoms with E-state index in [4.69, 9.17) is 5.11 Å². The molecule has 1 N–H and O–H groups in total. The van der Waals surface area contributed by atoms with Gasteiger partial charge in [0.1, 0.15) is 0 Å². The molecule has 1 unspecified atom stereocenters. The Morgan fingerprint density at radius 1 is 1.56 bits per heavy atom. The minimum atomic E-state index is 0.425. The van der Waals surface area contributed by atoms with Crippen LogP contribution in [0.25, 0.3) is 0 Å². The summed E-state index contributed by atoms with van der Waals surface area (Å²) in [5, 5.41) is 8.98. The van der Waals surface area contributed by atoms with E-state index in [1.165, 1.54) is 0 Å². The number of aliphatic hydroxyl groups excluding tert-OH is 1. The molecule has 0 aliphatic rings. The molecular weight excluding hydrogens is 457 g/mol. The van der Waals surface area contributed by atoms with E-state index in [1.807, 2.05) is 22.6 Å². The Morgan fingerprint density at radius 2 is 2.00 bits per heavy atom. The average Bonchev–Trinajstić information content (AvgIpc) is 1.84. The molecule has 0 aromatic rings. The molecule has 0 aromatic heterocycles. The van der Waals surface area contributed by atoms with Crippen LogP contribution in [0.4, 0.5) is 0 Å². The number of hydrogen-bond donors (Lipinski definition) is 1. The minimum Gasteiger partial charge on any atom is -0.502 e. The molecule has 0 aliphatic heterocycles. The summed E-state index contributed by atoms with van der Waals surface area (Å²) in [4.78, 5) is 0. The monoisotopic (exact) mass is 464 g/mol. The highest BCUT2D eigenvalue weighted by molar-refractivity contribution is 14.1. The van der Waals surface area contributed by atoms with Gasteiger partial charge in [-0.3, -0.25) is 0 Å². The fourth-order valence-corrected chi connectivity index (χ4v) is 2.02. The Morgan fingerprint density at radius 3 is 2.11 bits per heavy atom. The van der Waals surface area contributed by atoms with Crippen molar-refractivity contribution in [3.05, 3.63) is 7.35 Å². The Balaban J connectivity index is 4.02. The molecule has 0 spiro atoms. The van der Waals surface area contributed by atoms with Crippen LogP contribution in [0.1, 0.15) is 13.3 Å². The van der Waals surface area contributed by atoms with E-state index in [9.17, 15) is 0 Å². The van der Waals surface area contributed by atoms with Gasteiger partial charge in [-0.2, -0.15) is 0 Å². The third kappa shape index (κ3) is 4.23. The Labute approximate surface area is 96.1 Å². The number of alkyl halides is 1. The highest BCUT2D eigenvalue weighted by Crippen LogP contribution is 2.27. The molecule has 1 nitrogen and oxygen atoms in total. The normalized spacial score (nSPS) is 16.9. The van der Waals surface area contributed by atoms with Crippen LogP contribution < -0.4 is 0 Å². The first-order valence-corrected chi connectivity index (χ1v) is 5.88. The zero-order valence-corrected chi connectivity index (χ0v) is 11.3. The van der Waals surface area contributed by atoms with Gasteiger partial charge in [-0.15, -0.1) is 0 Å². The average molecular weight is 464 g/mol. The maximum Gasteiger partial charge on any atom is 0.163 e. The van der Waals surface area contributed by atoms with Crippen molar-refractivity contribution >= 4 is 67.8 Å². The van der Waals surface area contributed by atoms with Crippen LogP contribution in [0.5, 0.6) is 0 Å². The van der Waals surface area contributed by atoms with Crippen LogP contribution in [-0.2, 0) is 0 Å². The molecule has 0 saturated heterocycles. The molecule has 4 heteroatoms. The summed E-state index contributed by atoms with van der Waals surface area (Å²) in [6.07, 6.45) is 1.08. The molecule has 0 saturated carbocycles. The quantitative estimate of drug-likeness (QED) is 0.375. The second-order valence-corrected chi connectivity index (χ2v) is 5.20. The summed E-state index contributed by atoms with van der Waals surface area (Å²) >= 11 is 6.42. The molecule has 54 valence electrons. The lowest BCUT2D eigenvalue weighted by Gasteiger charge is -2.03. The van der Waals surface area contributed by atoms with Crippen LogP contribution >= 0.6 is 67.8 Å². The van der Waals surface area contributed by atoms with Crippen LogP contribution in [0.15, 0.2) is 7.35 Å². The number of rotatable bonds is 2. The van der Waals surface area contributed by atoms with E-state index >= 15 is 0 Å². The zero-order valence-electron chi connectivity index (χ0n) is 4.87. The van der Waals surface area contributed by atoms with E-state index < -0.39 is 0 Å². The van der Waals surface area contributed by atoms with Crippen molar-refractivity contribution in [3.63, 3.8) is 0 Å². The molecule has 0 heterocycles. The second kappa shape index (κ2) is 5.39. The minimum absolute atomic E-state index is 0.425. The van der Waals surface area contributed by atoms with Gasteiger partial charge in [-0.25, -0.2) is 0 Å². The molecule has 0 amide bonds. The third-order valence-electron chi connectivity index (χ3n) is 0.831. The lowest BCUT2D eigenvalue weighted by molar-refractivity contribution is 0.462. The molecule has 0 fully saturated rings. The number of halogens is 3. The van der Waals surface area contributed by atoms with E-state index in [0.717, 1.165) is 10.0 Å². The van der Waals surface area contributed by atoms with Crippen molar-refractivity contribution in [1.82, 2.24) is 0 Å². The molecule has 0 aromatic carbocycles. The van der Waals surface area contributed by atoms with Gasteiger partial charge in [-0.05, 0) is 51.6 Å². The van der Waals surface area contributed by atoms with Gasteiger partial charge in [0.2, 0.25) is 0 Å². The summed E-state index contributed by atoms with van der Waals surface area (Å²) < 4.78 is 1.95. The van der Waals surface area contributed by atoms with Gasteiger partial charge < -0.3 is 5.11 Å². The number of hydrogen-bond acceptors (Lipinski definition) is 1. The summed E-state index contributed by atoms with van der Waals surface area (Å²) in [6.45, 7) is 2.11. The number of allylic oxidation sites excluding steroid dienone is 1. The molecule has 0 aliphatic carbocycles. The summed E-state index contributed by atoms with van der Waals surface area (Å²) in [5.41, 5.74) is 0. The van der Waals surface area contributed by atoms with E-state index in [1.54, 1.807) is 0 Å². The fourth-order valence-electron chi connectivity index (χ4n) is 0.308. The summed E-state index contributed by atoms with van der Waals surface area (Å²) in [7, 11) is 0. The maximum atomic E-state index is 8.98. The number of aliphatic hydroxyl groups is 1. The van der Waals surface area contributed by atoms with E-state index in [-0.39, 0.29) is 0 Å². The first-order valence-electron chi connectivity index (χ1n) is 2.47. The van der Waals surface area contributed by atoms with Crippen LogP contribution in [-0.4, -0.2) is 9.03 Å². The molecule has 9 heavy (non-hydrogen) atoms. The smallest absolute Gasteiger partial charge is 0.163 e. The van der Waals surface area contributed by atoms with Crippen molar-refractivity contribution in [2.75, 3.05) is 0 Å². The van der Waals surface area contributed by atoms with Gasteiger partial charge in [0.15, 0.2) is 3.77 Å². The molecule has 0 bridgehead atoms. The lowest BCUT2D eigenvalue weighted by Crippen LogP contribution is -1.94. The second-order valence-electron chi connectivity index (χ2n) is 1.51. The van der Waals surface area contributed by atoms with E-state index in [0.29, 0.717) is 7.69 Å². The summed E-state index contributed by atoms with van der Waals surface area (Å²) in [6, 6.07) is 0. The largest absolute Gasteiger partial charge is 0.502 e. The van der Waals surface area contributed by atoms with Crippen molar-refractivity contribution < 1.29 is 5.11 Å². The fraction of sp³-hybridized carbons (Fsp3) is 0.600. The van der Waals surface area contributed by atoms with Gasteiger partial charge >= 0.3 is 0 Å². The van der Waals surface area contributed by atoms with Gasteiger partial charge in [0.05, 0.1) is 3.58 Å². The zero-order chi connectivity index (χ0) is 7.44. The Kier molecular flexibility index (Phi) is 6.43. The van der Waals surface area contributed by atoms with Crippen LogP contribution in [0, 0.1) is 0 Å². The van der Waals surface area contributed by atoms with Crippen molar-refractivity contribution in [1.29, 1.82) is 0 Å². The predicted octanol–water partition coefficient (Wildman–Crippen LogP) is 3.80. The van der Waals surface area contributed by atoms with Crippen molar-refractivity contribution in [2.45, 2.75) is 17.3 Å². The molecular formula is C5H7I3O. The highest BCUT2D eigenvalue weighted by atomic mass is 127. The molecule has 0 radical (unpaired) electrons. The van der Waals surface area contributed by atoms with Crippen LogP contribution in [0.3, 0.4) is 0 Å². The van der Waals surface area contributed by atoms with Crippen LogP contribution in [0.2, 0.25) is 0 Å². The molecule has 1 atom stereocenters. The van der Waals surface area contributed by atoms with Gasteiger partial charge in [0.25, 0.3) is 0 Å². The Bertz CT molecular complexity index is 117. The maximum absolute atomic E-state index is 8.98. The van der Waals surface area contributed by atoms with Crippen molar-refractivity contribution in [2.24, 2.45) is 0 Å². The SMILES string of the molecule is CCC(I)/C(I)=C(/O)I. The highest BCUT2D eigenvalue weighted by Gasteiger charge is 2.07.